The van der Waals surface area contributed by atoms with Crippen LogP contribution in [0.15, 0.2) is 22.2 Å². The number of halogens is 2. The smallest absolute Gasteiger partial charge is 0.214 e. The van der Waals surface area contributed by atoms with Crippen LogP contribution in [0.5, 0.6) is 0 Å². The first-order valence-corrected chi connectivity index (χ1v) is 7.65. The molecular formula is C13H15F2N5S. The number of aromatic nitrogens is 4. The molecule has 8 heteroatoms. The van der Waals surface area contributed by atoms with Gasteiger partial charge in [-0.3, -0.25) is 0 Å². The molecule has 3 rings (SSSR count). The molecule has 0 aliphatic heterocycles. The molecule has 1 fully saturated rings. The van der Waals surface area contributed by atoms with Gasteiger partial charge in [-0.15, -0.1) is 5.10 Å². The molecule has 1 aromatic heterocycles. The number of hydrogen-bond donors (Lipinski definition) is 1. The van der Waals surface area contributed by atoms with Gasteiger partial charge in [0, 0.05) is 6.54 Å². The Hall–Kier alpha value is -1.54. The summed E-state index contributed by atoms with van der Waals surface area (Å²) in [6.45, 7) is 3.12. The third kappa shape index (κ3) is 3.21. The maximum Gasteiger partial charge on any atom is 0.214 e. The highest BCUT2D eigenvalue weighted by Gasteiger charge is 2.29. The fourth-order valence-corrected chi connectivity index (χ4v) is 2.83. The first kappa shape index (κ1) is 14.4. The molecule has 5 nitrogen and oxygen atoms in total. The lowest BCUT2D eigenvalue weighted by Gasteiger charge is -2.08. The van der Waals surface area contributed by atoms with Crippen molar-refractivity contribution in [3.05, 3.63) is 29.3 Å². The summed E-state index contributed by atoms with van der Waals surface area (Å²) < 4.78 is 29.9. The number of nitrogens with one attached hydrogen (secondary N) is 1. The van der Waals surface area contributed by atoms with Crippen LogP contribution in [0.2, 0.25) is 0 Å². The second kappa shape index (κ2) is 6.07. The van der Waals surface area contributed by atoms with E-state index in [9.17, 15) is 8.78 Å². The number of hydrogen-bond acceptors (Lipinski definition) is 5. The second-order valence-electron chi connectivity index (χ2n) is 4.91. The lowest BCUT2D eigenvalue weighted by Crippen LogP contribution is -2.12. The first-order valence-electron chi connectivity index (χ1n) is 6.83. The third-order valence-corrected chi connectivity index (χ3v) is 4.23. The van der Waals surface area contributed by atoms with Gasteiger partial charge in [0.05, 0.1) is 10.9 Å². The molecule has 1 saturated carbocycles. The molecule has 0 amide bonds. The molecule has 0 saturated heterocycles. The van der Waals surface area contributed by atoms with E-state index in [2.05, 4.69) is 20.8 Å². The molecule has 0 atom stereocenters. The lowest BCUT2D eigenvalue weighted by atomic mass is 10.2. The zero-order valence-corrected chi connectivity index (χ0v) is 12.3. The summed E-state index contributed by atoms with van der Waals surface area (Å²) in [5, 5.41) is 14.8. The van der Waals surface area contributed by atoms with E-state index in [4.69, 9.17) is 0 Å². The van der Waals surface area contributed by atoms with E-state index in [1.54, 1.807) is 4.68 Å². The summed E-state index contributed by atoms with van der Waals surface area (Å²) in [7, 11) is 0. The normalized spacial score (nSPS) is 14.6. The van der Waals surface area contributed by atoms with E-state index in [1.807, 2.05) is 6.92 Å². The van der Waals surface area contributed by atoms with E-state index in [0.717, 1.165) is 31.1 Å². The standard InChI is InChI=1S/C13H15F2N5S/c1-2-16-7-8-5-10(14)12(11(15)6-8)21-13-17-18-19-20(13)9-3-4-9/h5-6,9,16H,2-4,7H2,1H3. The van der Waals surface area contributed by atoms with Crippen molar-refractivity contribution in [1.29, 1.82) is 0 Å². The molecule has 112 valence electrons. The molecule has 0 radical (unpaired) electrons. The Balaban J connectivity index is 1.83. The van der Waals surface area contributed by atoms with Crippen molar-refractivity contribution in [1.82, 2.24) is 25.5 Å². The Morgan fingerprint density at radius 3 is 2.67 bits per heavy atom. The van der Waals surface area contributed by atoms with Gasteiger partial charge in [-0.25, -0.2) is 13.5 Å². The number of tetrazole rings is 1. The summed E-state index contributed by atoms with van der Waals surface area (Å²) in [6.07, 6.45) is 2.01. The summed E-state index contributed by atoms with van der Waals surface area (Å²) in [5.74, 6) is -1.17. The summed E-state index contributed by atoms with van der Waals surface area (Å²) in [5.41, 5.74) is 0.581. The monoisotopic (exact) mass is 311 g/mol. The van der Waals surface area contributed by atoms with Crippen LogP contribution in [-0.4, -0.2) is 26.8 Å². The van der Waals surface area contributed by atoms with Gasteiger partial charge in [0.1, 0.15) is 11.6 Å². The van der Waals surface area contributed by atoms with Gasteiger partial charge in [0.25, 0.3) is 0 Å². The Bertz CT molecular complexity index is 618. The highest BCUT2D eigenvalue weighted by atomic mass is 32.2. The second-order valence-corrected chi connectivity index (χ2v) is 5.89. The van der Waals surface area contributed by atoms with Crippen molar-refractivity contribution in [2.75, 3.05) is 6.54 Å². The summed E-state index contributed by atoms with van der Waals surface area (Å²) >= 11 is 0.931. The van der Waals surface area contributed by atoms with Crippen LogP contribution >= 0.6 is 11.8 Å². The highest BCUT2D eigenvalue weighted by Crippen LogP contribution is 2.39. The Morgan fingerprint density at radius 1 is 1.33 bits per heavy atom. The quantitative estimate of drug-likeness (QED) is 0.888. The number of rotatable bonds is 6. The van der Waals surface area contributed by atoms with Crippen molar-refractivity contribution in [2.45, 2.75) is 42.4 Å². The van der Waals surface area contributed by atoms with Gasteiger partial charge in [0.15, 0.2) is 0 Å². The fraction of sp³-hybridized carbons (Fsp3) is 0.462. The van der Waals surface area contributed by atoms with Gasteiger partial charge in [0.2, 0.25) is 5.16 Å². The SMILES string of the molecule is CCNCc1cc(F)c(Sc2nnnn2C2CC2)c(F)c1. The minimum absolute atomic E-state index is 0.0630. The van der Waals surface area contributed by atoms with Crippen LogP contribution in [0, 0.1) is 11.6 Å². The van der Waals surface area contributed by atoms with Crippen LogP contribution in [0.1, 0.15) is 31.4 Å². The minimum atomic E-state index is -0.585. The van der Waals surface area contributed by atoms with Gasteiger partial charge in [-0.2, -0.15) is 0 Å². The third-order valence-electron chi connectivity index (χ3n) is 3.19. The Labute approximate surface area is 125 Å². The van der Waals surface area contributed by atoms with E-state index < -0.39 is 11.6 Å². The zero-order chi connectivity index (χ0) is 14.8. The Kier molecular flexibility index (Phi) is 4.16. The molecule has 1 aromatic carbocycles. The van der Waals surface area contributed by atoms with Gasteiger partial charge in [-0.05, 0) is 59.3 Å². The molecule has 2 aromatic rings. The number of nitrogens with zero attached hydrogens (tertiary/aromatic N) is 4. The van der Waals surface area contributed by atoms with Crippen LogP contribution < -0.4 is 5.32 Å². The minimum Gasteiger partial charge on any atom is -0.313 e. The average Bonchev–Trinajstić information content (AvgIpc) is 3.20. The molecule has 1 aliphatic carbocycles. The molecule has 1 aliphatic rings. The molecule has 21 heavy (non-hydrogen) atoms. The summed E-state index contributed by atoms with van der Waals surface area (Å²) in [4.78, 5) is -0.0630. The van der Waals surface area contributed by atoms with E-state index in [-0.39, 0.29) is 10.9 Å². The first-order chi connectivity index (χ1) is 10.2. The molecular weight excluding hydrogens is 296 g/mol. The van der Waals surface area contributed by atoms with Crippen molar-refractivity contribution in [2.24, 2.45) is 0 Å². The van der Waals surface area contributed by atoms with Crippen LogP contribution in [-0.2, 0) is 6.54 Å². The average molecular weight is 311 g/mol. The van der Waals surface area contributed by atoms with Crippen molar-refractivity contribution in [3.63, 3.8) is 0 Å². The summed E-state index contributed by atoms with van der Waals surface area (Å²) in [6, 6.07) is 2.96. The molecule has 1 heterocycles. The van der Waals surface area contributed by atoms with Crippen LogP contribution in [0.25, 0.3) is 0 Å². The maximum absolute atomic E-state index is 14.1. The van der Waals surface area contributed by atoms with Gasteiger partial charge < -0.3 is 5.32 Å². The maximum atomic E-state index is 14.1. The van der Waals surface area contributed by atoms with Gasteiger partial charge >= 0.3 is 0 Å². The topological polar surface area (TPSA) is 55.6 Å². The predicted molar refractivity (Wildman–Crippen MR) is 73.9 cm³/mol. The van der Waals surface area contributed by atoms with E-state index in [0.29, 0.717) is 17.3 Å². The predicted octanol–water partition coefficient (Wildman–Crippen LogP) is 2.55. The molecule has 0 unspecified atom stereocenters. The van der Waals surface area contributed by atoms with Crippen molar-refractivity contribution >= 4 is 11.8 Å². The van der Waals surface area contributed by atoms with Gasteiger partial charge in [-0.1, -0.05) is 6.92 Å². The van der Waals surface area contributed by atoms with E-state index >= 15 is 0 Å². The Morgan fingerprint density at radius 2 is 2.05 bits per heavy atom. The number of benzene rings is 1. The highest BCUT2D eigenvalue weighted by molar-refractivity contribution is 7.99. The van der Waals surface area contributed by atoms with Crippen LogP contribution in [0.3, 0.4) is 0 Å². The van der Waals surface area contributed by atoms with E-state index in [1.165, 1.54) is 12.1 Å². The lowest BCUT2D eigenvalue weighted by molar-refractivity contribution is 0.531. The van der Waals surface area contributed by atoms with Crippen LogP contribution in [0.4, 0.5) is 8.78 Å². The molecule has 1 N–H and O–H groups in total. The molecule has 0 spiro atoms. The fourth-order valence-electron chi connectivity index (χ4n) is 1.97. The molecule has 0 bridgehead atoms. The zero-order valence-electron chi connectivity index (χ0n) is 11.5. The van der Waals surface area contributed by atoms with Crippen molar-refractivity contribution < 1.29 is 8.78 Å². The largest absolute Gasteiger partial charge is 0.313 e. The van der Waals surface area contributed by atoms with Crippen molar-refractivity contribution in [3.8, 4) is 0 Å².